The van der Waals surface area contributed by atoms with E-state index in [0.29, 0.717) is 5.92 Å². The molecule has 0 aliphatic carbocycles. The van der Waals surface area contributed by atoms with Crippen molar-refractivity contribution in [3.63, 3.8) is 0 Å². The third-order valence-electron chi connectivity index (χ3n) is 2.65. The van der Waals surface area contributed by atoms with Crippen LogP contribution in [0.4, 0.5) is 0 Å². The molecule has 82 valence electrons. The fourth-order valence-corrected chi connectivity index (χ4v) is 1.62. The van der Waals surface area contributed by atoms with Gasteiger partial charge in [0.15, 0.2) is 0 Å². The van der Waals surface area contributed by atoms with Crippen molar-refractivity contribution in [2.45, 2.75) is 26.7 Å². The molecule has 0 saturated carbocycles. The molecule has 16 heavy (non-hydrogen) atoms. The Bertz CT molecular complexity index is 472. The molecule has 2 aromatic rings. The summed E-state index contributed by atoms with van der Waals surface area (Å²) in [6, 6.07) is 8.26. The Morgan fingerprint density at radius 2 is 1.88 bits per heavy atom. The van der Waals surface area contributed by atoms with Gasteiger partial charge < -0.3 is 0 Å². The van der Waals surface area contributed by atoms with Crippen LogP contribution in [-0.2, 0) is 0 Å². The van der Waals surface area contributed by atoms with Crippen molar-refractivity contribution in [2.75, 3.05) is 0 Å². The Hall–Kier alpha value is -1.70. The summed E-state index contributed by atoms with van der Waals surface area (Å²) in [5.74, 6) is 0.528. The minimum absolute atomic E-state index is 0.528. The maximum Gasteiger partial charge on any atom is 0.0703 e. The van der Waals surface area contributed by atoms with Gasteiger partial charge in [-0.2, -0.15) is 0 Å². The second-order valence-electron chi connectivity index (χ2n) is 4.32. The zero-order valence-electron chi connectivity index (χ0n) is 9.94. The van der Waals surface area contributed by atoms with E-state index in [1.165, 1.54) is 5.56 Å². The zero-order valence-corrected chi connectivity index (χ0v) is 9.94. The van der Waals surface area contributed by atoms with Gasteiger partial charge in [0, 0.05) is 23.7 Å². The first-order chi connectivity index (χ1) is 7.66. The fourth-order valence-electron chi connectivity index (χ4n) is 1.62. The van der Waals surface area contributed by atoms with Gasteiger partial charge in [0.05, 0.1) is 5.69 Å². The highest BCUT2D eigenvalue weighted by molar-refractivity contribution is 5.58. The molecule has 0 radical (unpaired) electrons. The quantitative estimate of drug-likeness (QED) is 0.760. The molecule has 0 aliphatic rings. The summed E-state index contributed by atoms with van der Waals surface area (Å²) in [6.07, 6.45) is 3.78. The van der Waals surface area contributed by atoms with Gasteiger partial charge in [0.2, 0.25) is 0 Å². The Balaban J connectivity index is 2.35. The summed E-state index contributed by atoms with van der Waals surface area (Å²) < 4.78 is 0. The molecule has 0 aliphatic heterocycles. The van der Waals surface area contributed by atoms with Crippen LogP contribution in [0.5, 0.6) is 0 Å². The van der Waals surface area contributed by atoms with E-state index in [2.05, 4.69) is 42.0 Å². The van der Waals surface area contributed by atoms with E-state index in [9.17, 15) is 0 Å². The highest BCUT2D eigenvalue weighted by Gasteiger charge is 2.02. The highest BCUT2D eigenvalue weighted by atomic mass is 14.7. The van der Waals surface area contributed by atoms with Gasteiger partial charge in [0.25, 0.3) is 0 Å². The van der Waals surface area contributed by atoms with Crippen molar-refractivity contribution < 1.29 is 0 Å². The van der Waals surface area contributed by atoms with Crippen LogP contribution in [0, 0.1) is 6.92 Å². The van der Waals surface area contributed by atoms with Gasteiger partial charge in [0.1, 0.15) is 0 Å². The number of hydrogen-bond donors (Lipinski definition) is 0. The number of pyridine rings is 2. The lowest BCUT2D eigenvalue weighted by atomic mass is 10.0. The van der Waals surface area contributed by atoms with Crippen molar-refractivity contribution in [1.82, 2.24) is 9.97 Å². The second kappa shape index (κ2) is 4.44. The summed E-state index contributed by atoms with van der Waals surface area (Å²) in [5.41, 5.74) is 4.43. The third kappa shape index (κ3) is 2.27. The van der Waals surface area contributed by atoms with Gasteiger partial charge in [-0.25, -0.2) is 0 Å². The normalized spacial score (nSPS) is 10.8. The summed E-state index contributed by atoms with van der Waals surface area (Å²) in [7, 11) is 0. The van der Waals surface area contributed by atoms with Crippen molar-refractivity contribution in [3.8, 4) is 11.3 Å². The van der Waals surface area contributed by atoms with Crippen LogP contribution in [0.1, 0.15) is 31.0 Å². The number of rotatable bonds is 2. The monoisotopic (exact) mass is 212 g/mol. The minimum Gasteiger partial charge on any atom is -0.262 e. The molecule has 0 amide bonds. The smallest absolute Gasteiger partial charge is 0.0703 e. The fraction of sp³-hybridized carbons (Fsp3) is 0.286. The molecule has 0 bridgehead atoms. The average molecular weight is 212 g/mol. The van der Waals surface area contributed by atoms with E-state index in [4.69, 9.17) is 0 Å². The van der Waals surface area contributed by atoms with E-state index in [1.54, 1.807) is 0 Å². The molecule has 0 N–H and O–H groups in total. The standard InChI is InChI=1S/C14H16N2/c1-10(2)13-4-5-14(16-9-13)12-6-7-15-11(3)8-12/h4-10H,1-3H3. The van der Waals surface area contributed by atoms with Gasteiger partial charge in [-0.15, -0.1) is 0 Å². The third-order valence-corrected chi connectivity index (χ3v) is 2.65. The van der Waals surface area contributed by atoms with Crippen LogP contribution in [0.15, 0.2) is 36.7 Å². The Labute approximate surface area is 96.4 Å². The average Bonchev–Trinajstić information content (AvgIpc) is 2.29. The summed E-state index contributed by atoms with van der Waals surface area (Å²) in [6.45, 7) is 6.34. The van der Waals surface area contributed by atoms with Crippen molar-refractivity contribution in [2.24, 2.45) is 0 Å². The van der Waals surface area contributed by atoms with Gasteiger partial charge in [-0.05, 0) is 36.6 Å². The largest absolute Gasteiger partial charge is 0.262 e. The maximum atomic E-state index is 4.48. The first kappa shape index (κ1) is 10.8. The second-order valence-corrected chi connectivity index (χ2v) is 4.32. The van der Waals surface area contributed by atoms with Gasteiger partial charge in [-0.3, -0.25) is 9.97 Å². The molecule has 2 heteroatoms. The van der Waals surface area contributed by atoms with E-state index in [1.807, 2.05) is 25.4 Å². The Kier molecular flexibility index (Phi) is 3.00. The number of aromatic nitrogens is 2. The first-order valence-electron chi connectivity index (χ1n) is 5.56. The molecule has 2 aromatic heterocycles. The molecule has 0 saturated heterocycles. The molecule has 0 aromatic carbocycles. The predicted octanol–water partition coefficient (Wildman–Crippen LogP) is 3.58. The van der Waals surface area contributed by atoms with Crippen LogP contribution in [-0.4, -0.2) is 9.97 Å². The van der Waals surface area contributed by atoms with E-state index in [0.717, 1.165) is 17.0 Å². The lowest BCUT2D eigenvalue weighted by Gasteiger charge is -2.06. The lowest BCUT2D eigenvalue weighted by Crippen LogP contribution is -1.91. The van der Waals surface area contributed by atoms with Crippen molar-refractivity contribution in [1.29, 1.82) is 0 Å². The van der Waals surface area contributed by atoms with Crippen LogP contribution < -0.4 is 0 Å². The molecular formula is C14H16N2. The Morgan fingerprint density at radius 3 is 2.44 bits per heavy atom. The predicted molar refractivity (Wildman–Crippen MR) is 66.3 cm³/mol. The molecule has 0 fully saturated rings. The zero-order chi connectivity index (χ0) is 11.5. The number of aryl methyl sites for hydroxylation is 1. The minimum atomic E-state index is 0.528. The summed E-state index contributed by atoms with van der Waals surface area (Å²) >= 11 is 0. The van der Waals surface area contributed by atoms with E-state index < -0.39 is 0 Å². The van der Waals surface area contributed by atoms with Crippen LogP contribution in [0.25, 0.3) is 11.3 Å². The molecule has 2 nitrogen and oxygen atoms in total. The number of hydrogen-bond acceptors (Lipinski definition) is 2. The summed E-state index contributed by atoms with van der Waals surface area (Å²) in [4.78, 5) is 8.67. The number of nitrogens with zero attached hydrogens (tertiary/aromatic N) is 2. The van der Waals surface area contributed by atoms with E-state index >= 15 is 0 Å². The lowest BCUT2D eigenvalue weighted by molar-refractivity contribution is 0.859. The van der Waals surface area contributed by atoms with Crippen molar-refractivity contribution >= 4 is 0 Å². The van der Waals surface area contributed by atoms with Gasteiger partial charge >= 0.3 is 0 Å². The van der Waals surface area contributed by atoms with E-state index in [-0.39, 0.29) is 0 Å². The SMILES string of the molecule is Cc1cc(-c2ccc(C(C)C)cn2)ccn1. The topological polar surface area (TPSA) is 25.8 Å². The summed E-state index contributed by atoms with van der Waals surface area (Å²) in [5, 5.41) is 0. The van der Waals surface area contributed by atoms with Crippen LogP contribution >= 0.6 is 0 Å². The molecule has 2 heterocycles. The molecule has 2 rings (SSSR count). The molecule has 0 spiro atoms. The van der Waals surface area contributed by atoms with Crippen LogP contribution in [0.2, 0.25) is 0 Å². The van der Waals surface area contributed by atoms with Crippen LogP contribution in [0.3, 0.4) is 0 Å². The van der Waals surface area contributed by atoms with Gasteiger partial charge in [-0.1, -0.05) is 19.9 Å². The Morgan fingerprint density at radius 1 is 1.06 bits per heavy atom. The highest BCUT2D eigenvalue weighted by Crippen LogP contribution is 2.19. The molecular weight excluding hydrogens is 196 g/mol. The first-order valence-corrected chi connectivity index (χ1v) is 5.56. The molecule has 0 atom stereocenters. The van der Waals surface area contributed by atoms with Crippen molar-refractivity contribution in [3.05, 3.63) is 47.9 Å². The maximum absolute atomic E-state index is 4.48. The molecule has 0 unspecified atom stereocenters.